The van der Waals surface area contributed by atoms with Gasteiger partial charge in [0.15, 0.2) is 5.13 Å². The number of carbonyl (C=O) groups is 1. The topological polar surface area (TPSA) is 51.2 Å². The molecule has 0 aliphatic rings. The molecule has 0 saturated carbocycles. The van der Waals surface area contributed by atoms with E-state index in [2.05, 4.69) is 17.2 Å². The van der Waals surface area contributed by atoms with E-state index in [1.54, 1.807) is 13.1 Å². The van der Waals surface area contributed by atoms with E-state index in [-0.39, 0.29) is 5.91 Å². The van der Waals surface area contributed by atoms with Crippen LogP contribution in [0.4, 0.5) is 5.13 Å². The first kappa shape index (κ1) is 17.9. The third kappa shape index (κ3) is 5.94. The Hall–Kier alpha value is -1.43. The molecule has 2 rings (SSSR count). The van der Waals surface area contributed by atoms with Crippen LogP contribution in [0.15, 0.2) is 30.5 Å². The minimum absolute atomic E-state index is 0.162. The maximum absolute atomic E-state index is 12.0. The van der Waals surface area contributed by atoms with Crippen LogP contribution in [0.3, 0.4) is 0 Å². The number of amides is 1. The molecule has 1 aromatic carbocycles. The van der Waals surface area contributed by atoms with Gasteiger partial charge in [-0.15, -0.1) is 11.3 Å². The molecule has 23 heavy (non-hydrogen) atoms. The van der Waals surface area contributed by atoms with Crippen LogP contribution in [0.25, 0.3) is 0 Å². The van der Waals surface area contributed by atoms with Crippen LogP contribution in [0, 0.1) is 0 Å². The summed E-state index contributed by atoms with van der Waals surface area (Å²) in [6, 6.07) is 7.73. The number of anilines is 1. The monoisotopic (exact) mass is 352 g/mol. The highest BCUT2D eigenvalue weighted by molar-refractivity contribution is 7.15. The summed E-state index contributed by atoms with van der Waals surface area (Å²) < 4.78 is 5.48. The largest absolute Gasteiger partial charge is 0.369 e. The van der Waals surface area contributed by atoms with Gasteiger partial charge in [-0.3, -0.25) is 10.1 Å². The highest BCUT2D eigenvalue weighted by atomic mass is 35.5. The first-order chi connectivity index (χ1) is 11.1. The number of benzene rings is 1. The molecule has 1 heterocycles. The van der Waals surface area contributed by atoms with E-state index in [0.29, 0.717) is 11.7 Å². The first-order valence-electron chi connectivity index (χ1n) is 7.70. The van der Waals surface area contributed by atoms with Gasteiger partial charge in [-0.25, -0.2) is 4.98 Å². The number of rotatable bonds is 8. The van der Waals surface area contributed by atoms with E-state index in [1.807, 2.05) is 24.3 Å². The van der Waals surface area contributed by atoms with Crippen LogP contribution in [0.2, 0.25) is 5.02 Å². The molecule has 1 N–H and O–H groups in total. The zero-order valence-electron chi connectivity index (χ0n) is 13.3. The Morgan fingerprint density at radius 1 is 1.48 bits per heavy atom. The van der Waals surface area contributed by atoms with Crippen molar-refractivity contribution in [3.05, 3.63) is 45.9 Å². The van der Waals surface area contributed by atoms with Crippen molar-refractivity contribution >= 4 is 34.0 Å². The smallest absolute Gasteiger partial charge is 0.254 e. The summed E-state index contributed by atoms with van der Waals surface area (Å²) >= 11 is 7.45. The van der Waals surface area contributed by atoms with Crippen LogP contribution < -0.4 is 5.32 Å². The molecule has 1 aromatic heterocycles. The van der Waals surface area contributed by atoms with Gasteiger partial charge in [0.2, 0.25) is 0 Å². The summed E-state index contributed by atoms with van der Waals surface area (Å²) in [5.41, 5.74) is 1.12. The summed E-state index contributed by atoms with van der Waals surface area (Å²) in [5.74, 6) is -0.162. The number of nitrogens with zero attached hydrogens (tertiary/aromatic N) is 1. The Labute approximate surface area is 145 Å². The molecule has 1 unspecified atom stereocenters. The third-order valence-electron chi connectivity index (χ3n) is 3.29. The summed E-state index contributed by atoms with van der Waals surface area (Å²) in [4.78, 5) is 17.4. The van der Waals surface area contributed by atoms with Crippen molar-refractivity contribution in [2.24, 2.45) is 0 Å². The van der Waals surface area contributed by atoms with Gasteiger partial charge >= 0.3 is 0 Å². The molecule has 1 amide bonds. The number of halogens is 1. The molecular weight excluding hydrogens is 332 g/mol. The maximum Gasteiger partial charge on any atom is 0.254 e. The van der Waals surface area contributed by atoms with Gasteiger partial charge in [0.1, 0.15) is 6.10 Å². The first-order valence-corrected chi connectivity index (χ1v) is 8.89. The predicted molar refractivity (Wildman–Crippen MR) is 95.3 cm³/mol. The fraction of sp³-hybridized carbons (Fsp3) is 0.412. The summed E-state index contributed by atoms with van der Waals surface area (Å²) in [5, 5.41) is 4.12. The molecule has 6 heteroatoms. The molecule has 0 bridgehead atoms. The van der Waals surface area contributed by atoms with Crippen molar-refractivity contribution in [2.45, 2.75) is 39.2 Å². The zero-order valence-corrected chi connectivity index (χ0v) is 14.9. The minimum atomic E-state index is -0.471. The number of carbonyl (C=O) groups excluding carboxylic acids is 1. The molecule has 0 spiro atoms. The molecule has 0 radical (unpaired) electrons. The second-order valence-corrected chi connectivity index (χ2v) is 6.85. The van der Waals surface area contributed by atoms with E-state index in [9.17, 15) is 4.79 Å². The van der Waals surface area contributed by atoms with Crippen LogP contribution in [-0.4, -0.2) is 23.6 Å². The van der Waals surface area contributed by atoms with Gasteiger partial charge in [0, 0.05) is 29.1 Å². The van der Waals surface area contributed by atoms with E-state index >= 15 is 0 Å². The normalized spacial score (nSPS) is 12.1. The van der Waals surface area contributed by atoms with Crippen molar-refractivity contribution in [1.82, 2.24) is 4.98 Å². The summed E-state index contributed by atoms with van der Waals surface area (Å²) in [7, 11) is 0. The standard InChI is InChI=1S/C17H21ClN2O2S/c1-3-4-8-22-12(2)16(21)20-17-19-11-15(23-17)10-13-6-5-7-14(18)9-13/h5-7,9,11-12H,3-4,8,10H2,1-2H3,(H,19,20,21). The third-order valence-corrected chi connectivity index (χ3v) is 4.43. The van der Waals surface area contributed by atoms with Crippen LogP contribution in [-0.2, 0) is 16.0 Å². The molecular formula is C17H21ClN2O2S. The quantitative estimate of drug-likeness (QED) is 0.710. The fourth-order valence-electron chi connectivity index (χ4n) is 1.98. The van der Waals surface area contributed by atoms with Gasteiger partial charge < -0.3 is 4.74 Å². The Morgan fingerprint density at radius 3 is 3.04 bits per heavy atom. The molecule has 1 atom stereocenters. The summed E-state index contributed by atoms with van der Waals surface area (Å²) in [6.07, 6.45) is 4.06. The molecule has 0 aliphatic carbocycles. The predicted octanol–water partition coefficient (Wildman–Crippen LogP) is 4.53. The molecule has 0 aliphatic heterocycles. The Kier molecular flexibility index (Phi) is 7.02. The molecule has 0 fully saturated rings. The lowest BCUT2D eigenvalue weighted by Crippen LogP contribution is -2.27. The highest BCUT2D eigenvalue weighted by Gasteiger charge is 2.15. The second-order valence-electron chi connectivity index (χ2n) is 5.29. The van der Waals surface area contributed by atoms with Gasteiger partial charge in [-0.2, -0.15) is 0 Å². The van der Waals surface area contributed by atoms with E-state index in [0.717, 1.165) is 34.7 Å². The minimum Gasteiger partial charge on any atom is -0.369 e. The molecule has 124 valence electrons. The zero-order chi connectivity index (χ0) is 16.7. The van der Waals surface area contributed by atoms with Crippen molar-refractivity contribution in [3.8, 4) is 0 Å². The van der Waals surface area contributed by atoms with E-state index in [4.69, 9.17) is 16.3 Å². The van der Waals surface area contributed by atoms with Crippen molar-refractivity contribution in [3.63, 3.8) is 0 Å². The Bertz CT molecular complexity index is 645. The number of hydrogen-bond donors (Lipinski definition) is 1. The Morgan fingerprint density at radius 2 is 2.30 bits per heavy atom. The molecule has 4 nitrogen and oxygen atoms in total. The van der Waals surface area contributed by atoms with Crippen LogP contribution >= 0.6 is 22.9 Å². The van der Waals surface area contributed by atoms with Crippen LogP contribution in [0.1, 0.15) is 37.1 Å². The highest BCUT2D eigenvalue weighted by Crippen LogP contribution is 2.22. The number of thiazole rings is 1. The van der Waals surface area contributed by atoms with Crippen molar-refractivity contribution in [2.75, 3.05) is 11.9 Å². The lowest BCUT2D eigenvalue weighted by atomic mass is 10.1. The van der Waals surface area contributed by atoms with E-state index < -0.39 is 6.10 Å². The number of ether oxygens (including phenoxy) is 1. The van der Waals surface area contributed by atoms with Gasteiger partial charge in [0.25, 0.3) is 5.91 Å². The molecule has 2 aromatic rings. The SMILES string of the molecule is CCCCOC(C)C(=O)Nc1ncc(Cc2cccc(Cl)c2)s1. The van der Waals surface area contributed by atoms with E-state index in [1.165, 1.54) is 11.3 Å². The fourth-order valence-corrected chi connectivity index (χ4v) is 3.04. The lowest BCUT2D eigenvalue weighted by molar-refractivity contribution is -0.126. The lowest BCUT2D eigenvalue weighted by Gasteiger charge is -2.11. The molecule has 0 saturated heterocycles. The number of unbranched alkanes of at least 4 members (excludes halogenated alkanes) is 1. The average molecular weight is 353 g/mol. The summed E-state index contributed by atoms with van der Waals surface area (Å²) in [6.45, 7) is 4.44. The number of hydrogen-bond acceptors (Lipinski definition) is 4. The van der Waals surface area contributed by atoms with Gasteiger partial charge in [0.05, 0.1) is 0 Å². The van der Waals surface area contributed by atoms with Gasteiger partial charge in [-0.1, -0.05) is 37.1 Å². The number of nitrogens with one attached hydrogen (secondary N) is 1. The maximum atomic E-state index is 12.0. The van der Waals surface area contributed by atoms with Crippen molar-refractivity contribution in [1.29, 1.82) is 0 Å². The second kappa shape index (κ2) is 9.01. The van der Waals surface area contributed by atoms with Gasteiger partial charge in [-0.05, 0) is 31.0 Å². The van der Waals surface area contributed by atoms with Crippen LogP contribution in [0.5, 0.6) is 0 Å². The Balaban J connectivity index is 1.88. The average Bonchev–Trinajstić information content (AvgIpc) is 2.94. The van der Waals surface area contributed by atoms with Crippen molar-refractivity contribution < 1.29 is 9.53 Å². The number of aromatic nitrogens is 1.